The smallest absolute Gasteiger partial charge is 0.260 e. The molecule has 28 heavy (non-hydrogen) atoms. The Labute approximate surface area is 173 Å². The Morgan fingerprint density at radius 1 is 1.21 bits per heavy atom. The van der Waals surface area contributed by atoms with Gasteiger partial charge in [0.25, 0.3) is 5.91 Å². The number of rotatable bonds is 5. The van der Waals surface area contributed by atoms with Crippen molar-refractivity contribution in [3.63, 3.8) is 0 Å². The molecule has 4 rings (SSSR count). The lowest BCUT2D eigenvalue weighted by Gasteiger charge is -2.25. The van der Waals surface area contributed by atoms with E-state index in [0.29, 0.717) is 23.8 Å². The normalized spacial score (nSPS) is 13.8. The molecule has 9 heteroatoms. The zero-order valence-electron chi connectivity index (χ0n) is 14.8. The van der Waals surface area contributed by atoms with Crippen molar-refractivity contribution in [3.05, 3.63) is 63.5 Å². The highest BCUT2D eigenvalue weighted by atomic mass is 79.9. The minimum absolute atomic E-state index is 0.0521. The molecular weight excluding hydrogens is 444 g/mol. The SMILES string of the molecule is O=C(CN1CCc2nc(NC(=O)c3ccoc3)sc2C1)Nc1ccc(Br)cc1. The Balaban J connectivity index is 1.34. The predicted molar refractivity (Wildman–Crippen MR) is 111 cm³/mol. The first-order valence-electron chi connectivity index (χ1n) is 8.67. The number of nitrogens with zero attached hydrogens (tertiary/aromatic N) is 2. The second-order valence-corrected chi connectivity index (χ2v) is 8.37. The number of furan rings is 1. The largest absolute Gasteiger partial charge is 0.472 e. The van der Waals surface area contributed by atoms with E-state index in [1.54, 1.807) is 6.07 Å². The molecule has 0 unspecified atom stereocenters. The van der Waals surface area contributed by atoms with Crippen LogP contribution in [0.3, 0.4) is 0 Å². The fourth-order valence-corrected chi connectivity index (χ4v) is 4.25. The van der Waals surface area contributed by atoms with Crippen LogP contribution in [0.2, 0.25) is 0 Å². The Bertz CT molecular complexity index is 985. The maximum atomic E-state index is 12.3. The fourth-order valence-electron chi connectivity index (χ4n) is 2.94. The molecule has 0 saturated carbocycles. The molecule has 0 aliphatic carbocycles. The Morgan fingerprint density at radius 2 is 2.04 bits per heavy atom. The highest BCUT2D eigenvalue weighted by Gasteiger charge is 2.23. The quantitative estimate of drug-likeness (QED) is 0.605. The van der Waals surface area contributed by atoms with Crippen LogP contribution in [0.25, 0.3) is 0 Å². The first-order valence-corrected chi connectivity index (χ1v) is 10.3. The highest BCUT2D eigenvalue weighted by Crippen LogP contribution is 2.28. The molecule has 0 radical (unpaired) electrons. The molecule has 3 heterocycles. The van der Waals surface area contributed by atoms with Crippen molar-refractivity contribution >= 4 is 49.9 Å². The summed E-state index contributed by atoms with van der Waals surface area (Å²) in [6.07, 6.45) is 3.60. The van der Waals surface area contributed by atoms with E-state index in [0.717, 1.165) is 33.7 Å². The van der Waals surface area contributed by atoms with Gasteiger partial charge in [0.1, 0.15) is 6.26 Å². The van der Waals surface area contributed by atoms with Gasteiger partial charge in [0, 0.05) is 34.5 Å². The molecule has 1 aliphatic rings. The first-order chi connectivity index (χ1) is 13.6. The van der Waals surface area contributed by atoms with Crippen LogP contribution in [-0.4, -0.2) is 34.8 Å². The van der Waals surface area contributed by atoms with Gasteiger partial charge in [-0.25, -0.2) is 4.98 Å². The average Bonchev–Trinajstić information content (AvgIpc) is 3.32. The number of halogens is 1. The average molecular weight is 461 g/mol. The number of fused-ring (bicyclic) bond motifs is 1. The molecule has 0 saturated heterocycles. The maximum Gasteiger partial charge on any atom is 0.260 e. The van der Waals surface area contributed by atoms with Crippen LogP contribution in [0.15, 0.2) is 51.7 Å². The summed E-state index contributed by atoms with van der Waals surface area (Å²) in [4.78, 5) is 32.1. The van der Waals surface area contributed by atoms with Gasteiger partial charge in [-0.3, -0.25) is 19.8 Å². The Morgan fingerprint density at radius 3 is 2.79 bits per heavy atom. The summed E-state index contributed by atoms with van der Waals surface area (Å²) < 4.78 is 5.90. The van der Waals surface area contributed by atoms with Crippen LogP contribution in [-0.2, 0) is 17.8 Å². The van der Waals surface area contributed by atoms with E-state index in [1.807, 2.05) is 24.3 Å². The number of carbonyl (C=O) groups is 2. The number of thiazole rings is 1. The lowest BCUT2D eigenvalue weighted by Crippen LogP contribution is -2.36. The number of benzene rings is 1. The Kier molecular flexibility index (Phi) is 5.56. The van der Waals surface area contributed by atoms with Crippen molar-refractivity contribution < 1.29 is 14.0 Å². The van der Waals surface area contributed by atoms with Gasteiger partial charge in [0.05, 0.1) is 24.1 Å². The number of hydrogen-bond donors (Lipinski definition) is 2. The van der Waals surface area contributed by atoms with Gasteiger partial charge in [0.2, 0.25) is 5.91 Å². The second-order valence-electron chi connectivity index (χ2n) is 6.37. The van der Waals surface area contributed by atoms with Crippen LogP contribution in [0.1, 0.15) is 20.9 Å². The van der Waals surface area contributed by atoms with Crippen molar-refractivity contribution in [2.24, 2.45) is 0 Å². The van der Waals surface area contributed by atoms with E-state index in [-0.39, 0.29) is 11.8 Å². The second kappa shape index (κ2) is 8.26. The van der Waals surface area contributed by atoms with Crippen molar-refractivity contribution in [3.8, 4) is 0 Å². The van der Waals surface area contributed by atoms with Gasteiger partial charge in [-0.2, -0.15) is 0 Å². The van der Waals surface area contributed by atoms with Crippen molar-refractivity contribution in [2.75, 3.05) is 23.7 Å². The number of amides is 2. The molecular formula is C19H17BrN4O3S. The molecule has 144 valence electrons. The van der Waals surface area contributed by atoms with Crippen molar-refractivity contribution in [1.29, 1.82) is 0 Å². The number of nitrogens with one attached hydrogen (secondary N) is 2. The topological polar surface area (TPSA) is 87.5 Å². The molecule has 1 aromatic carbocycles. The first kappa shape index (κ1) is 18.9. The van der Waals surface area contributed by atoms with E-state index in [9.17, 15) is 9.59 Å². The summed E-state index contributed by atoms with van der Waals surface area (Å²) in [5.41, 5.74) is 2.21. The van der Waals surface area contributed by atoms with Gasteiger partial charge in [-0.05, 0) is 30.3 Å². The van der Waals surface area contributed by atoms with Gasteiger partial charge >= 0.3 is 0 Å². The standard InChI is InChI=1S/C19H17BrN4O3S/c20-13-1-3-14(4-2-13)21-17(25)10-24-7-5-15-16(9-24)28-19(22-15)23-18(26)12-6-8-27-11-12/h1-4,6,8,11H,5,7,9-10H2,(H,21,25)(H,22,23,26). The van der Waals surface area contributed by atoms with E-state index in [2.05, 4.69) is 36.4 Å². The molecule has 7 nitrogen and oxygen atoms in total. The summed E-state index contributed by atoms with van der Waals surface area (Å²) in [6, 6.07) is 9.09. The minimum atomic E-state index is -0.245. The lowest BCUT2D eigenvalue weighted by molar-refractivity contribution is -0.117. The summed E-state index contributed by atoms with van der Waals surface area (Å²) >= 11 is 4.82. The van der Waals surface area contributed by atoms with Crippen LogP contribution in [0.4, 0.5) is 10.8 Å². The van der Waals surface area contributed by atoms with Crippen molar-refractivity contribution in [2.45, 2.75) is 13.0 Å². The third-order valence-electron chi connectivity index (χ3n) is 4.31. The maximum absolute atomic E-state index is 12.3. The third kappa shape index (κ3) is 4.49. The molecule has 0 bridgehead atoms. The van der Waals surface area contributed by atoms with Crippen molar-refractivity contribution in [1.82, 2.24) is 9.88 Å². The number of carbonyl (C=O) groups excluding carboxylic acids is 2. The monoisotopic (exact) mass is 460 g/mol. The minimum Gasteiger partial charge on any atom is -0.472 e. The molecule has 2 amide bonds. The van der Waals surface area contributed by atoms with Crippen LogP contribution >= 0.6 is 27.3 Å². The van der Waals surface area contributed by atoms with Gasteiger partial charge in [-0.15, -0.1) is 11.3 Å². The summed E-state index contributed by atoms with van der Waals surface area (Å²) in [5, 5.41) is 6.28. The van der Waals surface area contributed by atoms with E-state index in [1.165, 1.54) is 23.9 Å². The number of anilines is 2. The van der Waals surface area contributed by atoms with E-state index >= 15 is 0 Å². The molecule has 0 fully saturated rings. The zero-order chi connectivity index (χ0) is 19.5. The highest BCUT2D eigenvalue weighted by molar-refractivity contribution is 9.10. The Hall–Kier alpha value is -2.49. The zero-order valence-corrected chi connectivity index (χ0v) is 17.2. The summed E-state index contributed by atoms with van der Waals surface area (Å²) in [5.74, 6) is -0.297. The predicted octanol–water partition coefficient (Wildman–Crippen LogP) is 3.75. The molecule has 2 N–H and O–H groups in total. The summed E-state index contributed by atoms with van der Waals surface area (Å²) in [7, 11) is 0. The molecule has 2 aromatic heterocycles. The van der Waals surface area contributed by atoms with E-state index in [4.69, 9.17) is 4.42 Å². The summed E-state index contributed by atoms with van der Waals surface area (Å²) in [6.45, 7) is 1.70. The van der Waals surface area contributed by atoms with Gasteiger partial charge < -0.3 is 9.73 Å². The fraction of sp³-hybridized carbons (Fsp3) is 0.211. The van der Waals surface area contributed by atoms with Gasteiger partial charge in [-0.1, -0.05) is 15.9 Å². The van der Waals surface area contributed by atoms with Crippen LogP contribution in [0, 0.1) is 0 Å². The van der Waals surface area contributed by atoms with E-state index < -0.39 is 0 Å². The van der Waals surface area contributed by atoms with Gasteiger partial charge in [0.15, 0.2) is 5.13 Å². The number of hydrogen-bond acceptors (Lipinski definition) is 6. The third-order valence-corrected chi connectivity index (χ3v) is 5.84. The lowest BCUT2D eigenvalue weighted by atomic mass is 10.2. The number of aromatic nitrogens is 1. The molecule has 3 aromatic rings. The molecule has 0 atom stereocenters. The van der Waals surface area contributed by atoms with Crippen LogP contribution < -0.4 is 10.6 Å². The molecule has 0 spiro atoms. The molecule has 1 aliphatic heterocycles. The van der Waals surface area contributed by atoms with Crippen LogP contribution in [0.5, 0.6) is 0 Å².